The van der Waals surface area contributed by atoms with Gasteiger partial charge >= 0.3 is 0 Å². The third kappa shape index (κ3) is 5.26. The molecule has 1 heterocycles. The van der Waals surface area contributed by atoms with Crippen molar-refractivity contribution in [3.63, 3.8) is 0 Å². The van der Waals surface area contributed by atoms with E-state index in [1.807, 2.05) is 13.8 Å². The summed E-state index contributed by atoms with van der Waals surface area (Å²) in [6, 6.07) is 6.12. The number of hydrogen-bond donors (Lipinski definition) is 1. The highest BCUT2D eigenvalue weighted by molar-refractivity contribution is 7.89. The molecular formula is C18H28N2O4S. The largest absolute Gasteiger partial charge is 0.373 e. The molecule has 0 saturated carbocycles. The Kier molecular flexibility index (Phi) is 6.59. The summed E-state index contributed by atoms with van der Waals surface area (Å²) in [6.45, 7) is 9.21. The van der Waals surface area contributed by atoms with Gasteiger partial charge in [-0.1, -0.05) is 13.8 Å². The SMILES string of the molecule is CC(C)CCNC(=O)c1ccc(S(=O)(=O)N2CC(C)OC(C)C2)cc1. The highest BCUT2D eigenvalue weighted by Crippen LogP contribution is 2.21. The molecule has 1 N–H and O–H groups in total. The Morgan fingerprint density at radius 3 is 2.28 bits per heavy atom. The molecule has 1 aliphatic heterocycles. The quantitative estimate of drug-likeness (QED) is 0.836. The van der Waals surface area contributed by atoms with Crippen molar-refractivity contribution in [3.8, 4) is 0 Å². The minimum atomic E-state index is -3.58. The van der Waals surface area contributed by atoms with Crippen LogP contribution in [0.1, 0.15) is 44.5 Å². The van der Waals surface area contributed by atoms with Crippen LogP contribution in [0, 0.1) is 5.92 Å². The summed E-state index contributed by atoms with van der Waals surface area (Å²) in [4.78, 5) is 12.3. The maximum Gasteiger partial charge on any atom is 0.251 e. The zero-order chi connectivity index (χ0) is 18.6. The first-order valence-corrected chi connectivity index (χ1v) is 10.2. The molecular weight excluding hydrogens is 340 g/mol. The number of amides is 1. The van der Waals surface area contributed by atoms with E-state index in [2.05, 4.69) is 19.2 Å². The van der Waals surface area contributed by atoms with E-state index >= 15 is 0 Å². The van der Waals surface area contributed by atoms with Crippen molar-refractivity contribution in [1.29, 1.82) is 0 Å². The molecule has 7 heteroatoms. The summed E-state index contributed by atoms with van der Waals surface area (Å²) in [5.41, 5.74) is 0.464. The highest BCUT2D eigenvalue weighted by Gasteiger charge is 2.32. The van der Waals surface area contributed by atoms with Gasteiger partial charge < -0.3 is 10.1 Å². The van der Waals surface area contributed by atoms with Gasteiger partial charge in [-0.15, -0.1) is 0 Å². The van der Waals surface area contributed by atoms with Gasteiger partial charge in [0, 0.05) is 25.2 Å². The monoisotopic (exact) mass is 368 g/mol. The second-order valence-corrected chi connectivity index (χ2v) is 8.98. The molecule has 140 valence electrons. The molecule has 0 spiro atoms. The lowest BCUT2D eigenvalue weighted by Gasteiger charge is -2.34. The minimum Gasteiger partial charge on any atom is -0.373 e. The van der Waals surface area contributed by atoms with Crippen molar-refractivity contribution in [2.45, 2.75) is 51.2 Å². The number of hydrogen-bond acceptors (Lipinski definition) is 4. The first-order valence-electron chi connectivity index (χ1n) is 8.74. The maximum absolute atomic E-state index is 12.8. The van der Waals surface area contributed by atoms with Crippen LogP contribution in [0.4, 0.5) is 0 Å². The number of morpholine rings is 1. The number of carbonyl (C=O) groups is 1. The van der Waals surface area contributed by atoms with Crippen LogP contribution in [-0.4, -0.2) is 50.5 Å². The molecule has 2 rings (SSSR count). The first kappa shape index (κ1) is 19.9. The van der Waals surface area contributed by atoms with Crippen LogP contribution in [0.25, 0.3) is 0 Å². The van der Waals surface area contributed by atoms with Crippen molar-refractivity contribution in [2.75, 3.05) is 19.6 Å². The molecule has 0 radical (unpaired) electrons. The molecule has 2 atom stereocenters. The number of benzene rings is 1. The molecule has 0 aliphatic carbocycles. The molecule has 6 nitrogen and oxygen atoms in total. The predicted octanol–water partition coefficient (Wildman–Crippen LogP) is 2.26. The van der Waals surface area contributed by atoms with Crippen molar-refractivity contribution < 1.29 is 17.9 Å². The van der Waals surface area contributed by atoms with E-state index in [-0.39, 0.29) is 23.0 Å². The summed E-state index contributed by atoms with van der Waals surface area (Å²) in [5.74, 6) is 0.337. The van der Waals surface area contributed by atoms with E-state index in [0.29, 0.717) is 31.1 Å². The molecule has 1 aliphatic rings. The van der Waals surface area contributed by atoms with Crippen LogP contribution in [0.15, 0.2) is 29.2 Å². The smallest absolute Gasteiger partial charge is 0.251 e. The fourth-order valence-corrected chi connectivity index (χ4v) is 4.42. The fourth-order valence-electron chi connectivity index (χ4n) is 2.83. The Morgan fingerprint density at radius 2 is 1.76 bits per heavy atom. The van der Waals surface area contributed by atoms with E-state index in [4.69, 9.17) is 4.74 Å². The third-order valence-corrected chi connectivity index (χ3v) is 5.99. The average molecular weight is 368 g/mol. The number of nitrogens with one attached hydrogen (secondary N) is 1. The van der Waals surface area contributed by atoms with Gasteiger partial charge in [-0.2, -0.15) is 4.31 Å². The number of sulfonamides is 1. The average Bonchev–Trinajstić information content (AvgIpc) is 2.53. The summed E-state index contributed by atoms with van der Waals surface area (Å²) < 4.78 is 32.6. The Bertz CT molecular complexity index is 676. The Hall–Kier alpha value is -1.44. The van der Waals surface area contributed by atoms with E-state index in [9.17, 15) is 13.2 Å². The molecule has 0 aromatic heterocycles. The standard InChI is InChI=1S/C18H28N2O4S/c1-13(2)9-10-19-18(21)16-5-7-17(8-6-16)25(22,23)20-11-14(3)24-15(4)12-20/h5-8,13-15H,9-12H2,1-4H3,(H,19,21). The Morgan fingerprint density at radius 1 is 1.20 bits per heavy atom. The summed E-state index contributed by atoms with van der Waals surface area (Å²) in [5, 5.41) is 2.85. The van der Waals surface area contributed by atoms with Gasteiger partial charge in [0.2, 0.25) is 10.0 Å². The Balaban J connectivity index is 2.06. The predicted molar refractivity (Wildman–Crippen MR) is 97.0 cm³/mol. The lowest BCUT2D eigenvalue weighted by molar-refractivity contribution is -0.0440. The van der Waals surface area contributed by atoms with E-state index in [1.54, 1.807) is 12.1 Å². The van der Waals surface area contributed by atoms with Crippen molar-refractivity contribution in [1.82, 2.24) is 9.62 Å². The van der Waals surface area contributed by atoms with Gasteiger partial charge in [0.25, 0.3) is 5.91 Å². The van der Waals surface area contributed by atoms with Crippen LogP contribution in [0.5, 0.6) is 0 Å². The van der Waals surface area contributed by atoms with Gasteiger partial charge in [-0.05, 0) is 50.5 Å². The molecule has 1 aromatic carbocycles. The van der Waals surface area contributed by atoms with Gasteiger partial charge in [0.1, 0.15) is 0 Å². The topological polar surface area (TPSA) is 75.7 Å². The minimum absolute atomic E-state index is 0.135. The molecule has 25 heavy (non-hydrogen) atoms. The summed E-state index contributed by atoms with van der Waals surface area (Å²) in [6.07, 6.45) is 0.639. The van der Waals surface area contributed by atoms with E-state index in [1.165, 1.54) is 16.4 Å². The molecule has 0 bridgehead atoms. The third-order valence-electron chi connectivity index (χ3n) is 4.15. The number of ether oxygens (including phenoxy) is 1. The van der Waals surface area contributed by atoms with Crippen LogP contribution >= 0.6 is 0 Å². The zero-order valence-electron chi connectivity index (χ0n) is 15.4. The molecule has 1 aromatic rings. The normalized spacial score (nSPS) is 22.1. The summed E-state index contributed by atoms with van der Waals surface area (Å²) >= 11 is 0. The van der Waals surface area contributed by atoms with Crippen LogP contribution < -0.4 is 5.32 Å². The van der Waals surface area contributed by atoms with Gasteiger partial charge in [0.05, 0.1) is 17.1 Å². The van der Waals surface area contributed by atoms with E-state index < -0.39 is 10.0 Å². The van der Waals surface area contributed by atoms with Crippen LogP contribution in [-0.2, 0) is 14.8 Å². The van der Waals surface area contributed by atoms with Crippen molar-refractivity contribution in [3.05, 3.63) is 29.8 Å². The fraction of sp³-hybridized carbons (Fsp3) is 0.611. The number of nitrogens with zero attached hydrogens (tertiary/aromatic N) is 1. The zero-order valence-corrected chi connectivity index (χ0v) is 16.2. The number of carbonyl (C=O) groups excluding carboxylic acids is 1. The first-order chi connectivity index (χ1) is 11.7. The second kappa shape index (κ2) is 8.29. The highest BCUT2D eigenvalue weighted by atomic mass is 32.2. The lowest BCUT2D eigenvalue weighted by atomic mass is 10.1. The van der Waals surface area contributed by atoms with Gasteiger partial charge in [0.15, 0.2) is 0 Å². The van der Waals surface area contributed by atoms with Crippen molar-refractivity contribution >= 4 is 15.9 Å². The van der Waals surface area contributed by atoms with Crippen LogP contribution in [0.2, 0.25) is 0 Å². The summed E-state index contributed by atoms with van der Waals surface area (Å²) in [7, 11) is -3.58. The van der Waals surface area contributed by atoms with Crippen LogP contribution in [0.3, 0.4) is 0 Å². The van der Waals surface area contributed by atoms with E-state index in [0.717, 1.165) is 6.42 Å². The Labute approximate surface area is 150 Å². The maximum atomic E-state index is 12.8. The van der Waals surface area contributed by atoms with Gasteiger partial charge in [-0.3, -0.25) is 4.79 Å². The second-order valence-electron chi connectivity index (χ2n) is 7.04. The van der Waals surface area contributed by atoms with Crippen molar-refractivity contribution in [2.24, 2.45) is 5.92 Å². The molecule has 1 saturated heterocycles. The molecule has 1 fully saturated rings. The molecule has 1 amide bonds. The number of rotatable bonds is 6. The molecule has 2 unspecified atom stereocenters. The van der Waals surface area contributed by atoms with Gasteiger partial charge in [-0.25, -0.2) is 8.42 Å². The lowest BCUT2D eigenvalue weighted by Crippen LogP contribution is -2.48.